The van der Waals surface area contributed by atoms with Gasteiger partial charge in [0.05, 0.1) is 13.2 Å². The largest absolute Gasteiger partial charge is 0.392 e. The monoisotopic (exact) mass is 194 g/mol. The van der Waals surface area contributed by atoms with E-state index in [1.54, 1.807) is 0 Å². The molecule has 2 heteroatoms. The van der Waals surface area contributed by atoms with Crippen LogP contribution >= 0.6 is 0 Å². The molecule has 0 aromatic heterocycles. The minimum Gasteiger partial charge on any atom is -0.392 e. The van der Waals surface area contributed by atoms with Crippen molar-refractivity contribution in [3.05, 3.63) is 34.9 Å². The van der Waals surface area contributed by atoms with Crippen molar-refractivity contribution >= 4 is 0 Å². The van der Waals surface area contributed by atoms with Gasteiger partial charge in [0.2, 0.25) is 0 Å². The van der Waals surface area contributed by atoms with Gasteiger partial charge in [-0.3, -0.25) is 0 Å². The fourth-order valence-electron chi connectivity index (χ4n) is 1.46. The van der Waals surface area contributed by atoms with E-state index in [0.29, 0.717) is 6.61 Å². The number of aryl methyl sites for hydroxylation is 1. The first-order chi connectivity index (χ1) is 6.76. The van der Waals surface area contributed by atoms with E-state index in [1.807, 2.05) is 19.1 Å². The quantitative estimate of drug-likeness (QED) is 0.729. The number of aliphatic hydroxyl groups excluding tert-OH is 1. The Hall–Kier alpha value is -0.860. The van der Waals surface area contributed by atoms with Gasteiger partial charge in [-0.15, -0.1) is 0 Å². The minimum absolute atomic E-state index is 0.0997. The molecule has 0 atom stereocenters. The summed E-state index contributed by atoms with van der Waals surface area (Å²) >= 11 is 0. The summed E-state index contributed by atoms with van der Waals surface area (Å²) < 4.78 is 5.44. The second-order valence-corrected chi connectivity index (χ2v) is 3.54. The van der Waals surface area contributed by atoms with E-state index in [9.17, 15) is 0 Å². The molecule has 78 valence electrons. The number of hydrogen-bond donors (Lipinski definition) is 1. The molecule has 0 aliphatic heterocycles. The molecule has 1 rings (SSSR count). The highest BCUT2D eigenvalue weighted by atomic mass is 16.5. The first-order valence-corrected chi connectivity index (χ1v) is 5.04. The molecule has 0 heterocycles. The Morgan fingerprint density at radius 3 is 2.57 bits per heavy atom. The van der Waals surface area contributed by atoms with E-state index in [-0.39, 0.29) is 6.61 Å². The lowest BCUT2D eigenvalue weighted by Gasteiger charge is -2.06. The lowest BCUT2D eigenvalue weighted by Crippen LogP contribution is -1.96. The molecule has 0 radical (unpaired) electrons. The smallest absolute Gasteiger partial charge is 0.0717 e. The SMILES string of the molecule is CCCOCc1cc(C)cc(CO)c1. The normalized spacial score (nSPS) is 10.5. The van der Waals surface area contributed by atoms with Crippen LogP contribution in [0.4, 0.5) is 0 Å². The minimum atomic E-state index is 0.0997. The summed E-state index contributed by atoms with van der Waals surface area (Å²) in [7, 11) is 0. The molecule has 0 saturated heterocycles. The van der Waals surface area contributed by atoms with Gasteiger partial charge in [-0.25, -0.2) is 0 Å². The van der Waals surface area contributed by atoms with Crippen molar-refractivity contribution in [2.75, 3.05) is 6.61 Å². The Bertz CT molecular complexity index is 282. The first kappa shape index (κ1) is 11.2. The highest BCUT2D eigenvalue weighted by Crippen LogP contribution is 2.10. The molecule has 0 bridgehead atoms. The molecule has 0 fully saturated rings. The highest BCUT2D eigenvalue weighted by molar-refractivity contribution is 5.28. The zero-order valence-electron chi connectivity index (χ0n) is 8.92. The summed E-state index contributed by atoms with van der Waals surface area (Å²) in [6, 6.07) is 6.07. The summed E-state index contributed by atoms with van der Waals surface area (Å²) in [6.07, 6.45) is 1.04. The van der Waals surface area contributed by atoms with Crippen molar-refractivity contribution in [3.8, 4) is 0 Å². The molecule has 0 spiro atoms. The van der Waals surface area contributed by atoms with E-state index in [2.05, 4.69) is 13.0 Å². The third-order valence-corrected chi connectivity index (χ3v) is 2.00. The van der Waals surface area contributed by atoms with E-state index in [1.165, 1.54) is 5.56 Å². The number of aliphatic hydroxyl groups is 1. The molecule has 0 aliphatic carbocycles. The predicted molar refractivity (Wildman–Crippen MR) is 57.0 cm³/mol. The molecule has 0 saturated carbocycles. The van der Waals surface area contributed by atoms with Crippen molar-refractivity contribution in [2.45, 2.75) is 33.5 Å². The van der Waals surface area contributed by atoms with Crippen LogP contribution in [-0.4, -0.2) is 11.7 Å². The Morgan fingerprint density at radius 2 is 1.93 bits per heavy atom. The fraction of sp³-hybridized carbons (Fsp3) is 0.500. The van der Waals surface area contributed by atoms with Gasteiger partial charge in [0.15, 0.2) is 0 Å². The van der Waals surface area contributed by atoms with Crippen LogP contribution in [0.15, 0.2) is 18.2 Å². The van der Waals surface area contributed by atoms with Gasteiger partial charge < -0.3 is 9.84 Å². The lowest BCUT2D eigenvalue weighted by molar-refractivity contribution is 0.121. The van der Waals surface area contributed by atoms with Gasteiger partial charge in [0.1, 0.15) is 0 Å². The fourth-order valence-corrected chi connectivity index (χ4v) is 1.46. The van der Waals surface area contributed by atoms with Crippen molar-refractivity contribution in [2.24, 2.45) is 0 Å². The van der Waals surface area contributed by atoms with Gasteiger partial charge in [-0.05, 0) is 24.5 Å². The molecule has 1 aromatic rings. The van der Waals surface area contributed by atoms with Crippen molar-refractivity contribution in [1.82, 2.24) is 0 Å². The van der Waals surface area contributed by atoms with Crippen LogP contribution in [0, 0.1) is 6.92 Å². The van der Waals surface area contributed by atoms with Gasteiger partial charge in [0.25, 0.3) is 0 Å². The molecular formula is C12H18O2. The number of benzene rings is 1. The van der Waals surface area contributed by atoms with Gasteiger partial charge in [-0.1, -0.05) is 30.7 Å². The summed E-state index contributed by atoms with van der Waals surface area (Å²) in [5, 5.41) is 9.02. The van der Waals surface area contributed by atoms with Crippen LogP contribution in [0.25, 0.3) is 0 Å². The Kier molecular flexibility index (Phi) is 4.63. The van der Waals surface area contributed by atoms with Crippen LogP contribution < -0.4 is 0 Å². The third-order valence-electron chi connectivity index (χ3n) is 2.00. The van der Waals surface area contributed by atoms with E-state index < -0.39 is 0 Å². The van der Waals surface area contributed by atoms with Crippen molar-refractivity contribution in [1.29, 1.82) is 0 Å². The molecular weight excluding hydrogens is 176 g/mol. The van der Waals surface area contributed by atoms with Crippen LogP contribution in [0.1, 0.15) is 30.0 Å². The van der Waals surface area contributed by atoms with E-state index >= 15 is 0 Å². The first-order valence-electron chi connectivity index (χ1n) is 5.04. The van der Waals surface area contributed by atoms with Gasteiger partial charge in [-0.2, -0.15) is 0 Å². The summed E-state index contributed by atoms with van der Waals surface area (Å²) in [6.45, 7) is 5.66. The van der Waals surface area contributed by atoms with E-state index in [0.717, 1.165) is 24.2 Å². The van der Waals surface area contributed by atoms with E-state index in [4.69, 9.17) is 9.84 Å². The zero-order valence-corrected chi connectivity index (χ0v) is 8.92. The third kappa shape index (κ3) is 3.48. The Labute approximate surface area is 85.5 Å². The molecule has 14 heavy (non-hydrogen) atoms. The molecule has 0 aliphatic rings. The van der Waals surface area contributed by atoms with Gasteiger partial charge >= 0.3 is 0 Å². The molecule has 2 nitrogen and oxygen atoms in total. The maximum Gasteiger partial charge on any atom is 0.0717 e. The van der Waals surface area contributed by atoms with Gasteiger partial charge in [0, 0.05) is 6.61 Å². The lowest BCUT2D eigenvalue weighted by atomic mass is 10.1. The molecule has 1 aromatic carbocycles. The summed E-state index contributed by atoms with van der Waals surface area (Å²) in [5.74, 6) is 0. The maximum absolute atomic E-state index is 9.02. The maximum atomic E-state index is 9.02. The molecule has 1 N–H and O–H groups in total. The Balaban J connectivity index is 2.62. The van der Waals surface area contributed by atoms with Crippen LogP contribution in [-0.2, 0) is 18.0 Å². The summed E-state index contributed by atoms with van der Waals surface area (Å²) in [4.78, 5) is 0. The number of rotatable bonds is 5. The number of ether oxygens (including phenoxy) is 1. The summed E-state index contributed by atoms with van der Waals surface area (Å²) in [5.41, 5.74) is 3.27. The molecule has 0 amide bonds. The van der Waals surface area contributed by atoms with Crippen LogP contribution in [0.3, 0.4) is 0 Å². The predicted octanol–water partition coefficient (Wildman–Crippen LogP) is 2.41. The molecule has 0 unspecified atom stereocenters. The topological polar surface area (TPSA) is 29.5 Å². The van der Waals surface area contributed by atoms with Crippen molar-refractivity contribution < 1.29 is 9.84 Å². The second kappa shape index (κ2) is 5.78. The van der Waals surface area contributed by atoms with Crippen LogP contribution in [0.5, 0.6) is 0 Å². The van der Waals surface area contributed by atoms with Crippen molar-refractivity contribution in [3.63, 3.8) is 0 Å². The second-order valence-electron chi connectivity index (χ2n) is 3.54. The highest BCUT2D eigenvalue weighted by Gasteiger charge is 1.98. The average Bonchev–Trinajstić information content (AvgIpc) is 2.17. The standard InChI is InChI=1S/C12H18O2/c1-3-4-14-9-12-6-10(2)5-11(7-12)8-13/h5-7,13H,3-4,8-9H2,1-2H3. The zero-order chi connectivity index (χ0) is 10.4. The number of hydrogen-bond acceptors (Lipinski definition) is 2. The average molecular weight is 194 g/mol. The Morgan fingerprint density at radius 1 is 1.21 bits per heavy atom. The van der Waals surface area contributed by atoms with Crippen LogP contribution in [0.2, 0.25) is 0 Å².